The minimum absolute atomic E-state index is 0.277. The van der Waals surface area contributed by atoms with Crippen LogP contribution >= 0.6 is 11.3 Å². The topological polar surface area (TPSA) is 74.6 Å². The standard InChI is InChI=1S/C21H32N2O3S/c1-16(13-22-14-21(25)20-15-27-17(2)23-20)18-7-9-19(10-8-18)26-12-6-4-3-5-11-24/h7-10,15-16,21-22,24-25H,3-6,11-14H2,1-2H3. The third kappa shape index (κ3) is 7.97. The molecule has 0 fully saturated rings. The molecule has 0 amide bonds. The highest BCUT2D eigenvalue weighted by Gasteiger charge is 2.12. The molecule has 1 aromatic heterocycles. The van der Waals surface area contributed by atoms with E-state index in [-0.39, 0.29) is 6.61 Å². The molecule has 27 heavy (non-hydrogen) atoms. The molecule has 0 aliphatic rings. The number of rotatable bonds is 13. The van der Waals surface area contributed by atoms with Gasteiger partial charge >= 0.3 is 0 Å². The smallest absolute Gasteiger partial charge is 0.119 e. The molecule has 2 rings (SSSR count). The Morgan fingerprint density at radius 1 is 1.11 bits per heavy atom. The number of ether oxygens (including phenoxy) is 1. The Bertz CT molecular complexity index is 645. The van der Waals surface area contributed by atoms with Crippen molar-refractivity contribution in [2.75, 3.05) is 26.3 Å². The Hall–Kier alpha value is -1.47. The quantitative estimate of drug-likeness (QED) is 0.452. The van der Waals surface area contributed by atoms with Crippen molar-refractivity contribution in [1.29, 1.82) is 0 Å². The molecule has 1 heterocycles. The van der Waals surface area contributed by atoms with E-state index in [1.165, 1.54) is 5.56 Å². The summed E-state index contributed by atoms with van der Waals surface area (Å²) >= 11 is 1.56. The lowest BCUT2D eigenvalue weighted by Crippen LogP contribution is -2.25. The second kappa shape index (κ2) is 12.1. The van der Waals surface area contributed by atoms with Crippen LogP contribution in [-0.2, 0) is 0 Å². The van der Waals surface area contributed by atoms with E-state index in [0.29, 0.717) is 12.5 Å². The van der Waals surface area contributed by atoms with Gasteiger partial charge in [0.05, 0.1) is 17.3 Å². The first kappa shape index (κ1) is 21.8. The highest BCUT2D eigenvalue weighted by Crippen LogP contribution is 2.20. The van der Waals surface area contributed by atoms with Crippen LogP contribution < -0.4 is 10.1 Å². The first-order valence-corrected chi connectivity index (χ1v) is 10.6. The summed E-state index contributed by atoms with van der Waals surface area (Å²) in [4.78, 5) is 4.32. The molecule has 150 valence electrons. The van der Waals surface area contributed by atoms with Gasteiger partial charge in [-0.3, -0.25) is 0 Å². The molecule has 1 aromatic carbocycles. The van der Waals surface area contributed by atoms with Crippen LogP contribution in [0.1, 0.15) is 60.9 Å². The maximum atomic E-state index is 10.2. The number of aryl methyl sites for hydroxylation is 1. The number of nitrogens with one attached hydrogen (secondary N) is 1. The predicted octanol–water partition coefficient (Wildman–Crippen LogP) is 3.81. The van der Waals surface area contributed by atoms with Gasteiger partial charge in [-0.15, -0.1) is 11.3 Å². The van der Waals surface area contributed by atoms with E-state index in [2.05, 4.69) is 29.4 Å². The molecule has 3 N–H and O–H groups in total. The highest BCUT2D eigenvalue weighted by atomic mass is 32.1. The van der Waals surface area contributed by atoms with Crippen molar-refractivity contribution in [1.82, 2.24) is 10.3 Å². The lowest BCUT2D eigenvalue weighted by atomic mass is 10.0. The normalized spacial score (nSPS) is 13.5. The Labute approximate surface area is 166 Å². The minimum atomic E-state index is -0.560. The van der Waals surface area contributed by atoms with Gasteiger partial charge in [0.1, 0.15) is 11.9 Å². The van der Waals surface area contributed by atoms with E-state index in [1.807, 2.05) is 24.4 Å². The van der Waals surface area contributed by atoms with E-state index in [1.54, 1.807) is 11.3 Å². The Kier molecular flexibility index (Phi) is 9.77. The van der Waals surface area contributed by atoms with Crippen LogP contribution in [0.4, 0.5) is 0 Å². The fourth-order valence-corrected chi connectivity index (χ4v) is 3.50. The Morgan fingerprint density at radius 3 is 2.52 bits per heavy atom. The zero-order chi connectivity index (χ0) is 19.5. The molecule has 0 saturated carbocycles. The van der Waals surface area contributed by atoms with Gasteiger partial charge in [-0.05, 0) is 49.8 Å². The summed E-state index contributed by atoms with van der Waals surface area (Å²) in [5, 5.41) is 25.1. The number of aromatic nitrogens is 1. The molecule has 2 atom stereocenters. The SMILES string of the molecule is Cc1nc(C(O)CNCC(C)c2ccc(OCCCCCCO)cc2)cs1. The second-order valence-electron chi connectivity index (χ2n) is 6.92. The third-order valence-corrected chi connectivity index (χ3v) is 5.33. The number of hydrogen-bond acceptors (Lipinski definition) is 6. The minimum Gasteiger partial charge on any atom is -0.494 e. The van der Waals surface area contributed by atoms with Crippen LogP contribution in [0.5, 0.6) is 5.75 Å². The second-order valence-corrected chi connectivity index (χ2v) is 7.98. The molecule has 0 aliphatic heterocycles. The van der Waals surface area contributed by atoms with Crippen molar-refractivity contribution in [3.63, 3.8) is 0 Å². The van der Waals surface area contributed by atoms with Gasteiger partial charge in [-0.2, -0.15) is 0 Å². The van der Waals surface area contributed by atoms with Crippen molar-refractivity contribution in [3.8, 4) is 5.75 Å². The maximum Gasteiger partial charge on any atom is 0.119 e. The first-order valence-electron chi connectivity index (χ1n) is 9.74. The van der Waals surface area contributed by atoms with Gasteiger partial charge < -0.3 is 20.3 Å². The monoisotopic (exact) mass is 392 g/mol. The number of aliphatic hydroxyl groups excluding tert-OH is 2. The molecule has 2 aromatic rings. The Balaban J connectivity index is 1.66. The Morgan fingerprint density at radius 2 is 1.85 bits per heavy atom. The average Bonchev–Trinajstić information content (AvgIpc) is 3.11. The lowest BCUT2D eigenvalue weighted by Gasteiger charge is -2.15. The highest BCUT2D eigenvalue weighted by molar-refractivity contribution is 7.09. The molecular weight excluding hydrogens is 360 g/mol. The van der Waals surface area contributed by atoms with Crippen LogP contribution in [0.2, 0.25) is 0 Å². The summed E-state index contributed by atoms with van der Waals surface area (Å²) < 4.78 is 5.77. The summed E-state index contributed by atoms with van der Waals surface area (Å²) in [6.45, 7) is 6.41. The zero-order valence-corrected chi connectivity index (χ0v) is 17.2. The average molecular weight is 393 g/mol. The van der Waals surface area contributed by atoms with Crippen LogP contribution in [0.15, 0.2) is 29.6 Å². The summed E-state index contributed by atoms with van der Waals surface area (Å²) in [6, 6.07) is 8.25. The van der Waals surface area contributed by atoms with Crippen LogP contribution in [0.3, 0.4) is 0 Å². The molecule has 0 bridgehead atoms. The number of unbranched alkanes of at least 4 members (excludes halogenated alkanes) is 3. The molecule has 2 unspecified atom stereocenters. The van der Waals surface area contributed by atoms with Crippen molar-refractivity contribution in [3.05, 3.63) is 45.9 Å². The number of aliphatic hydroxyl groups is 2. The summed E-state index contributed by atoms with van der Waals surface area (Å²) in [5.41, 5.74) is 1.99. The van der Waals surface area contributed by atoms with E-state index >= 15 is 0 Å². The zero-order valence-electron chi connectivity index (χ0n) is 16.4. The lowest BCUT2D eigenvalue weighted by molar-refractivity contribution is 0.170. The van der Waals surface area contributed by atoms with E-state index < -0.39 is 6.10 Å². The molecule has 0 aliphatic carbocycles. The van der Waals surface area contributed by atoms with Gasteiger partial charge in [0, 0.05) is 25.1 Å². The number of nitrogens with zero attached hydrogens (tertiary/aromatic N) is 1. The molecule has 6 heteroatoms. The van der Waals surface area contributed by atoms with Crippen molar-refractivity contribution in [2.45, 2.75) is 51.6 Å². The summed E-state index contributed by atoms with van der Waals surface area (Å²) in [5.74, 6) is 1.25. The molecule has 0 spiro atoms. The van der Waals surface area contributed by atoms with Crippen molar-refractivity contribution < 1.29 is 14.9 Å². The number of thiazole rings is 1. The van der Waals surface area contributed by atoms with Gasteiger partial charge in [-0.1, -0.05) is 25.5 Å². The predicted molar refractivity (Wildman–Crippen MR) is 111 cm³/mol. The van der Waals surface area contributed by atoms with E-state index in [4.69, 9.17) is 9.84 Å². The summed E-state index contributed by atoms with van der Waals surface area (Å²) in [7, 11) is 0. The maximum absolute atomic E-state index is 10.2. The van der Waals surface area contributed by atoms with Crippen LogP contribution in [-0.4, -0.2) is 41.5 Å². The van der Waals surface area contributed by atoms with Gasteiger partial charge in [0.2, 0.25) is 0 Å². The van der Waals surface area contributed by atoms with Gasteiger partial charge in [0.15, 0.2) is 0 Å². The van der Waals surface area contributed by atoms with Gasteiger partial charge in [-0.25, -0.2) is 4.98 Å². The largest absolute Gasteiger partial charge is 0.494 e. The molecule has 5 nitrogen and oxygen atoms in total. The van der Waals surface area contributed by atoms with Crippen molar-refractivity contribution in [2.24, 2.45) is 0 Å². The van der Waals surface area contributed by atoms with E-state index in [0.717, 1.165) is 55.3 Å². The van der Waals surface area contributed by atoms with Crippen LogP contribution in [0.25, 0.3) is 0 Å². The number of hydrogen-bond donors (Lipinski definition) is 3. The van der Waals surface area contributed by atoms with Crippen LogP contribution in [0, 0.1) is 6.92 Å². The molecule has 0 saturated heterocycles. The fourth-order valence-electron chi connectivity index (χ4n) is 2.84. The van der Waals surface area contributed by atoms with Crippen molar-refractivity contribution >= 4 is 11.3 Å². The first-order chi connectivity index (χ1) is 13.1. The number of benzene rings is 1. The van der Waals surface area contributed by atoms with Gasteiger partial charge in [0.25, 0.3) is 0 Å². The molecule has 0 radical (unpaired) electrons. The third-order valence-electron chi connectivity index (χ3n) is 4.54. The van der Waals surface area contributed by atoms with E-state index in [9.17, 15) is 5.11 Å². The fraction of sp³-hybridized carbons (Fsp3) is 0.571. The molecular formula is C21H32N2O3S. The summed E-state index contributed by atoms with van der Waals surface area (Å²) in [6.07, 6.45) is 3.48.